The van der Waals surface area contributed by atoms with Crippen LogP contribution in [0.5, 0.6) is 0 Å². The van der Waals surface area contributed by atoms with Crippen molar-refractivity contribution in [1.29, 1.82) is 0 Å². The highest BCUT2D eigenvalue weighted by Crippen LogP contribution is 2.20. The summed E-state index contributed by atoms with van der Waals surface area (Å²) in [5, 5.41) is 5.52. The molecule has 146 valence electrons. The number of amides is 2. The number of hydrogen-bond donors (Lipinski definition) is 3. The SMILES string of the molecule is CNS(=O)(=O)c1cc(NC(=O)NCCCN2CCC(C)CC2)ccc1C. The molecule has 1 aliphatic heterocycles. The molecule has 1 saturated heterocycles. The Bertz CT molecular complexity index is 713. The summed E-state index contributed by atoms with van der Waals surface area (Å²) in [6, 6.07) is 4.51. The van der Waals surface area contributed by atoms with E-state index < -0.39 is 10.0 Å². The van der Waals surface area contributed by atoms with Gasteiger partial charge in [0.1, 0.15) is 0 Å². The normalized spacial score (nSPS) is 16.4. The molecule has 1 fully saturated rings. The van der Waals surface area contributed by atoms with Gasteiger partial charge in [-0.25, -0.2) is 17.9 Å². The third-order valence-corrected chi connectivity index (χ3v) is 6.37. The number of urea groups is 1. The molecule has 0 spiro atoms. The van der Waals surface area contributed by atoms with Gasteiger partial charge in [-0.15, -0.1) is 0 Å². The zero-order chi connectivity index (χ0) is 19.2. The van der Waals surface area contributed by atoms with Gasteiger partial charge in [-0.1, -0.05) is 13.0 Å². The molecule has 1 aromatic rings. The largest absolute Gasteiger partial charge is 0.338 e. The maximum atomic E-state index is 12.0. The van der Waals surface area contributed by atoms with Gasteiger partial charge >= 0.3 is 6.03 Å². The van der Waals surface area contributed by atoms with Crippen molar-refractivity contribution in [2.24, 2.45) is 5.92 Å². The Morgan fingerprint density at radius 3 is 2.62 bits per heavy atom. The molecule has 1 heterocycles. The lowest BCUT2D eigenvalue weighted by Crippen LogP contribution is -2.36. The molecular weight excluding hydrogens is 352 g/mol. The van der Waals surface area contributed by atoms with Crippen LogP contribution >= 0.6 is 0 Å². The zero-order valence-corrected chi connectivity index (χ0v) is 16.7. The van der Waals surface area contributed by atoms with E-state index in [2.05, 4.69) is 27.2 Å². The van der Waals surface area contributed by atoms with E-state index in [0.717, 1.165) is 32.0 Å². The van der Waals surface area contributed by atoms with E-state index in [-0.39, 0.29) is 10.9 Å². The first-order valence-corrected chi connectivity index (χ1v) is 10.6. The Labute approximate surface area is 156 Å². The van der Waals surface area contributed by atoms with Crippen LogP contribution in [-0.2, 0) is 10.0 Å². The average Bonchev–Trinajstić information content (AvgIpc) is 2.61. The maximum absolute atomic E-state index is 12.0. The minimum atomic E-state index is -3.55. The highest BCUT2D eigenvalue weighted by Gasteiger charge is 2.16. The van der Waals surface area contributed by atoms with Crippen molar-refractivity contribution < 1.29 is 13.2 Å². The van der Waals surface area contributed by atoms with Crippen LogP contribution in [0.2, 0.25) is 0 Å². The summed E-state index contributed by atoms with van der Waals surface area (Å²) in [6.07, 6.45) is 3.40. The molecule has 0 atom stereocenters. The summed E-state index contributed by atoms with van der Waals surface area (Å²) in [7, 11) is -2.19. The number of rotatable bonds is 7. The highest BCUT2D eigenvalue weighted by molar-refractivity contribution is 7.89. The van der Waals surface area contributed by atoms with Gasteiger partial charge in [0.15, 0.2) is 0 Å². The molecule has 26 heavy (non-hydrogen) atoms. The van der Waals surface area contributed by atoms with Gasteiger partial charge in [-0.2, -0.15) is 0 Å². The fraction of sp³-hybridized carbons (Fsp3) is 0.611. The van der Waals surface area contributed by atoms with Crippen LogP contribution in [-0.4, -0.2) is 52.6 Å². The quantitative estimate of drug-likeness (QED) is 0.630. The highest BCUT2D eigenvalue weighted by atomic mass is 32.2. The molecule has 0 unspecified atom stereocenters. The number of likely N-dealkylation sites (tertiary alicyclic amines) is 1. The van der Waals surface area contributed by atoms with Crippen LogP contribution in [0, 0.1) is 12.8 Å². The third-order valence-electron chi connectivity index (χ3n) is 4.82. The van der Waals surface area contributed by atoms with Crippen molar-refractivity contribution in [1.82, 2.24) is 14.9 Å². The van der Waals surface area contributed by atoms with E-state index in [1.54, 1.807) is 19.1 Å². The number of nitrogens with zero attached hydrogens (tertiary/aromatic N) is 1. The van der Waals surface area contributed by atoms with Crippen molar-refractivity contribution in [2.45, 2.75) is 38.0 Å². The standard InChI is InChI=1S/C18H30N4O3S/c1-14-7-11-22(12-8-14)10-4-9-20-18(23)21-16-6-5-15(2)17(13-16)26(24,25)19-3/h5-6,13-14,19H,4,7-12H2,1-3H3,(H2,20,21,23). The van der Waals surface area contributed by atoms with E-state index >= 15 is 0 Å². The Kier molecular flexibility index (Phi) is 7.43. The Balaban J connectivity index is 1.78. The Hall–Kier alpha value is -1.64. The van der Waals surface area contributed by atoms with Gasteiger partial charge in [-0.05, 0) is 76.5 Å². The number of benzene rings is 1. The zero-order valence-electron chi connectivity index (χ0n) is 15.8. The molecule has 1 aromatic carbocycles. The van der Waals surface area contributed by atoms with Crippen molar-refractivity contribution >= 4 is 21.7 Å². The summed E-state index contributed by atoms with van der Waals surface area (Å²) in [5.41, 5.74) is 1.08. The number of hydrogen-bond acceptors (Lipinski definition) is 4. The summed E-state index contributed by atoms with van der Waals surface area (Å²) in [4.78, 5) is 14.6. The number of aryl methyl sites for hydroxylation is 1. The summed E-state index contributed by atoms with van der Waals surface area (Å²) >= 11 is 0. The predicted octanol–water partition coefficient (Wildman–Crippen LogP) is 2.15. The Morgan fingerprint density at radius 2 is 1.96 bits per heavy atom. The van der Waals surface area contributed by atoms with Crippen molar-refractivity contribution in [3.63, 3.8) is 0 Å². The van der Waals surface area contributed by atoms with Crippen LogP contribution in [0.3, 0.4) is 0 Å². The lowest BCUT2D eigenvalue weighted by molar-refractivity contribution is 0.190. The van der Waals surface area contributed by atoms with Crippen LogP contribution in [0.15, 0.2) is 23.1 Å². The minimum absolute atomic E-state index is 0.164. The first-order valence-electron chi connectivity index (χ1n) is 9.13. The topological polar surface area (TPSA) is 90.5 Å². The number of nitrogens with one attached hydrogen (secondary N) is 3. The van der Waals surface area contributed by atoms with E-state index in [9.17, 15) is 13.2 Å². The van der Waals surface area contributed by atoms with Crippen molar-refractivity contribution in [3.05, 3.63) is 23.8 Å². The molecule has 0 bridgehead atoms. The molecule has 0 saturated carbocycles. The van der Waals surface area contributed by atoms with Crippen LogP contribution in [0.1, 0.15) is 31.7 Å². The van der Waals surface area contributed by atoms with Gasteiger partial charge in [0, 0.05) is 12.2 Å². The van der Waals surface area contributed by atoms with E-state index in [1.165, 1.54) is 26.0 Å². The molecule has 0 aromatic heterocycles. The molecule has 3 N–H and O–H groups in total. The first kappa shape index (κ1) is 20.7. The number of anilines is 1. The number of carbonyl (C=O) groups excluding carboxylic acids is 1. The third kappa shape index (κ3) is 5.96. The smallest absolute Gasteiger partial charge is 0.319 e. The van der Waals surface area contributed by atoms with Gasteiger partial charge in [-0.3, -0.25) is 0 Å². The summed E-state index contributed by atoms with van der Waals surface area (Å²) < 4.78 is 26.3. The lowest BCUT2D eigenvalue weighted by atomic mass is 9.99. The monoisotopic (exact) mass is 382 g/mol. The fourth-order valence-corrected chi connectivity index (χ4v) is 4.04. The Morgan fingerprint density at radius 1 is 1.27 bits per heavy atom. The van der Waals surface area contributed by atoms with Gasteiger partial charge in [0.25, 0.3) is 0 Å². The second-order valence-corrected chi connectivity index (χ2v) is 8.80. The molecule has 7 nitrogen and oxygen atoms in total. The molecule has 8 heteroatoms. The van der Waals surface area contributed by atoms with Gasteiger partial charge in [0.05, 0.1) is 4.90 Å². The number of carbonyl (C=O) groups is 1. The molecule has 2 amide bonds. The minimum Gasteiger partial charge on any atom is -0.338 e. The van der Waals surface area contributed by atoms with Crippen molar-refractivity contribution in [3.8, 4) is 0 Å². The fourth-order valence-electron chi connectivity index (χ4n) is 3.04. The van der Waals surface area contributed by atoms with E-state index in [0.29, 0.717) is 17.8 Å². The number of piperidine rings is 1. The summed E-state index contributed by atoms with van der Waals surface area (Å²) in [5.74, 6) is 0.821. The second kappa shape index (κ2) is 9.34. The van der Waals surface area contributed by atoms with Crippen LogP contribution in [0.25, 0.3) is 0 Å². The van der Waals surface area contributed by atoms with E-state index in [1.807, 2.05) is 0 Å². The molecule has 1 aliphatic rings. The van der Waals surface area contributed by atoms with E-state index in [4.69, 9.17) is 0 Å². The number of sulfonamides is 1. The van der Waals surface area contributed by atoms with Crippen LogP contribution in [0.4, 0.5) is 10.5 Å². The second-order valence-electron chi connectivity index (χ2n) is 6.95. The molecule has 0 radical (unpaired) electrons. The van der Waals surface area contributed by atoms with Crippen molar-refractivity contribution in [2.75, 3.05) is 38.5 Å². The molecular formula is C18H30N4O3S. The lowest BCUT2D eigenvalue weighted by Gasteiger charge is -2.30. The first-order chi connectivity index (χ1) is 12.3. The van der Waals surface area contributed by atoms with Crippen LogP contribution < -0.4 is 15.4 Å². The predicted molar refractivity (Wildman–Crippen MR) is 104 cm³/mol. The molecule has 0 aliphatic carbocycles. The summed E-state index contributed by atoms with van der Waals surface area (Å²) in [6.45, 7) is 7.86. The average molecular weight is 383 g/mol. The maximum Gasteiger partial charge on any atom is 0.319 e. The van der Waals surface area contributed by atoms with Gasteiger partial charge in [0.2, 0.25) is 10.0 Å². The van der Waals surface area contributed by atoms with Gasteiger partial charge < -0.3 is 15.5 Å². The molecule has 2 rings (SSSR count).